The van der Waals surface area contributed by atoms with Crippen LogP contribution in [0.4, 0.5) is 10.2 Å². The maximum Gasteiger partial charge on any atom is 0.191 e. The molecule has 1 atom stereocenters. The van der Waals surface area contributed by atoms with E-state index >= 15 is 0 Å². The average Bonchev–Trinajstić information content (AvgIpc) is 3.34. The molecule has 0 amide bonds. The molecule has 8 heteroatoms. The highest BCUT2D eigenvalue weighted by Gasteiger charge is 2.25. The number of imidazole rings is 1. The minimum absolute atomic E-state index is 0.197. The number of guanidine groups is 1. The quantitative estimate of drug-likeness (QED) is 0.522. The van der Waals surface area contributed by atoms with Crippen LogP contribution in [0.1, 0.15) is 12.1 Å². The van der Waals surface area contributed by atoms with Gasteiger partial charge in [-0.25, -0.2) is 14.4 Å². The summed E-state index contributed by atoms with van der Waals surface area (Å²) in [4.78, 5) is 15.0. The molecule has 0 spiro atoms. The van der Waals surface area contributed by atoms with Gasteiger partial charge in [-0.2, -0.15) is 0 Å². The van der Waals surface area contributed by atoms with Crippen molar-refractivity contribution < 1.29 is 4.39 Å². The van der Waals surface area contributed by atoms with Gasteiger partial charge in [-0.05, 0) is 30.7 Å². The van der Waals surface area contributed by atoms with Crippen LogP contribution in [-0.2, 0) is 6.42 Å². The van der Waals surface area contributed by atoms with Gasteiger partial charge in [-0.1, -0.05) is 6.07 Å². The van der Waals surface area contributed by atoms with Crippen molar-refractivity contribution in [3.05, 3.63) is 60.4 Å². The van der Waals surface area contributed by atoms with Crippen LogP contribution in [0.3, 0.4) is 0 Å². The fourth-order valence-electron chi connectivity index (χ4n) is 3.49. The predicted octanol–water partition coefficient (Wildman–Crippen LogP) is 1.85. The summed E-state index contributed by atoms with van der Waals surface area (Å²) >= 11 is 0. The van der Waals surface area contributed by atoms with Crippen molar-refractivity contribution in [1.82, 2.24) is 25.0 Å². The highest BCUT2D eigenvalue weighted by Crippen LogP contribution is 2.20. The second-order valence-corrected chi connectivity index (χ2v) is 6.83. The van der Waals surface area contributed by atoms with E-state index in [0.717, 1.165) is 43.2 Å². The largest absolute Gasteiger partial charge is 0.356 e. The van der Waals surface area contributed by atoms with Crippen LogP contribution in [0, 0.1) is 5.82 Å². The zero-order valence-corrected chi connectivity index (χ0v) is 15.8. The minimum atomic E-state index is -0.280. The van der Waals surface area contributed by atoms with Crippen LogP contribution < -0.4 is 15.5 Å². The van der Waals surface area contributed by atoms with Crippen molar-refractivity contribution in [3.8, 4) is 0 Å². The van der Waals surface area contributed by atoms with Crippen molar-refractivity contribution in [2.45, 2.75) is 18.9 Å². The van der Waals surface area contributed by atoms with Gasteiger partial charge in [-0.3, -0.25) is 4.99 Å². The number of aromatic nitrogens is 3. The Bertz CT molecular complexity index is 935. The highest BCUT2D eigenvalue weighted by molar-refractivity contribution is 5.80. The summed E-state index contributed by atoms with van der Waals surface area (Å²) in [6.45, 7) is 2.19. The van der Waals surface area contributed by atoms with Crippen LogP contribution in [0.25, 0.3) is 5.65 Å². The lowest BCUT2D eigenvalue weighted by Crippen LogP contribution is -2.45. The third-order valence-corrected chi connectivity index (χ3v) is 4.88. The fourth-order valence-corrected chi connectivity index (χ4v) is 3.49. The summed E-state index contributed by atoms with van der Waals surface area (Å²) < 4.78 is 16.0. The third kappa shape index (κ3) is 4.05. The van der Waals surface area contributed by atoms with Crippen LogP contribution >= 0.6 is 0 Å². The van der Waals surface area contributed by atoms with E-state index in [-0.39, 0.29) is 11.9 Å². The number of pyridine rings is 2. The van der Waals surface area contributed by atoms with E-state index in [2.05, 4.69) is 25.6 Å². The van der Waals surface area contributed by atoms with Gasteiger partial charge >= 0.3 is 0 Å². The Balaban J connectivity index is 1.27. The second kappa shape index (κ2) is 8.24. The molecule has 1 saturated heterocycles. The lowest BCUT2D eigenvalue weighted by atomic mass is 10.3. The number of anilines is 1. The first-order chi connectivity index (χ1) is 13.7. The molecule has 28 heavy (non-hydrogen) atoms. The number of hydrogen-bond donors (Lipinski definition) is 2. The number of fused-ring (bicyclic) bond motifs is 1. The Kier molecular flexibility index (Phi) is 5.36. The van der Waals surface area contributed by atoms with E-state index < -0.39 is 0 Å². The summed E-state index contributed by atoms with van der Waals surface area (Å²) in [5.41, 5.74) is 1.99. The molecule has 1 unspecified atom stereocenters. The summed E-state index contributed by atoms with van der Waals surface area (Å²) in [5.74, 6) is 0.886. The maximum absolute atomic E-state index is 13.9. The highest BCUT2D eigenvalue weighted by atomic mass is 19.1. The lowest BCUT2D eigenvalue weighted by Gasteiger charge is -2.19. The third-order valence-electron chi connectivity index (χ3n) is 4.88. The van der Waals surface area contributed by atoms with E-state index in [4.69, 9.17) is 0 Å². The van der Waals surface area contributed by atoms with Crippen molar-refractivity contribution in [2.24, 2.45) is 4.99 Å². The van der Waals surface area contributed by atoms with Crippen molar-refractivity contribution in [1.29, 1.82) is 0 Å². The first-order valence-corrected chi connectivity index (χ1v) is 9.48. The first-order valence-electron chi connectivity index (χ1n) is 9.48. The molecule has 0 aromatic carbocycles. The summed E-state index contributed by atoms with van der Waals surface area (Å²) in [5, 5.41) is 6.76. The molecule has 0 saturated carbocycles. The van der Waals surface area contributed by atoms with Gasteiger partial charge in [0.15, 0.2) is 17.6 Å². The van der Waals surface area contributed by atoms with Crippen LogP contribution in [0.5, 0.6) is 0 Å². The van der Waals surface area contributed by atoms with Crippen LogP contribution in [0.15, 0.2) is 53.9 Å². The van der Waals surface area contributed by atoms with Crippen molar-refractivity contribution in [2.75, 3.05) is 31.6 Å². The van der Waals surface area contributed by atoms with Gasteiger partial charge in [0, 0.05) is 57.7 Å². The summed E-state index contributed by atoms with van der Waals surface area (Å²) in [7, 11) is 1.76. The predicted molar refractivity (Wildman–Crippen MR) is 108 cm³/mol. The number of hydrogen-bond acceptors (Lipinski definition) is 4. The van der Waals surface area contributed by atoms with Crippen molar-refractivity contribution >= 4 is 17.4 Å². The standard InChI is InChI=1S/C20H24FN7/c1-22-20(24-10-7-15-13-27-11-3-2-6-18(27)25-15)26-16-8-12-28(14-16)19-17(21)5-4-9-23-19/h2-6,9,11,13,16H,7-8,10,12,14H2,1H3,(H2,22,24,26). The summed E-state index contributed by atoms with van der Waals surface area (Å²) in [6, 6.07) is 9.22. The molecule has 0 aliphatic carbocycles. The number of nitrogens with zero attached hydrogens (tertiary/aromatic N) is 5. The molecule has 1 fully saturated rings. The summed E-state index contributed by atoms with van der Waals surface area (Å²) in [6.07, 6.45) is 7.37. The lowest BCUT2D eigenvalue weighted by molar-refractivity contribution is 0.612. The monoisotopic (exact) mass is 381 g/mol. The Hall–Kier alpha value is -3.16. The first kappa shape index (κ1) is 18.2. The van der Waals surface area contributed by atoms with E-state index in [0.29, 0.717) is 12.4 Å². The SMILES string of the molecule is CN=C(NCCc1cn2ccccc2n1)NC1CCN(c2ncccc2F)C1. The zero-order valence-electron chi connectivity index (χ0n) is 15.8. The Morgan fingerprint density at radius 1 is 1.32 bits per heavy atom. The van der Waals surface area contributed by atoms with Crippen LogP contribution in [0.2, 0.25) is 0 Å². The normalized spacial score (nSPS) is 17.3. The molecule has 2 N–H and O–H groups in total. The number of halogens is 1. The molecule has 4 rings (SSSR count). The number of nitrogens with one attached hydrogen (secondary N) is 2. The molecule has 0 radical (unpaired) electrons. The molecule has 1 aliphatic heterocycles. The van der Waals surface area contributed by atoms with Gasteiger partial charge in [0.1, 0.15) is 5.65 Å². The molecule has 1 aliphatic rings. The minimum Gasteiger partial charge on any atom is -0.356 e. The van der Waals surface area contributed by atoms with E-state index in [1.54, 1.807) is 19.3 Å². The molecule has 3 aromatic rings. The maximum atomic E-state index is 13.9. The Morgan fingerprint density at radius 3 is 3.07 bits per heavy atom. The molecular formula is C20H24FN7. The molecule has 0 bridgehead atoms. The topological polar surface area (TPSA) is 69.8 Å². The number of rotatable bonds is 5. The van der Waals surface area contributed by atoms with E-state index in [9.17, 15) is 4.39 Å². The second-order valence-electron chi connectivity index (χ2n) is 6.83. The number of aliphatic imine (C=N–C) groups is 1. The van der Waals surface area contributed by atoms with E-state index in [1.807, 2.05) is 39.9 Å². The zero-order chi connectivity index (χ0) is 19.3. The molecule has 7 nitrogen and oxygen atoms in total. The van der Waals surface area contributed by atoms with Crippen LogP contribution in [-0.4, -0.2) is 53.1 Å². The van der Waals surface area contributed by atoms with Gasteiger partial charge in [0.05, 0.1) is 5.69 Å². The van der Waals surface area contributed by atoms with Gasteiger partial charge in [0.25, 0.3) is 0 Å². The van der Waals surface area contributed by atoms with E-state index in [1.165, 1.54) is 6.07 Å². The smallest absolute Gasteiger partial charge is 0.191 e. The molecule has 4 heterocycles. The Labute approximate surface area is 163 Å². The Morgan fingerprint density at radius 2 is 2.25 bits per heavy atom. The van der Waals surface area contributed by atoms with Gasteiger partial charge < -0.3 is 19.9 Å². The fraction of sp³-hybridized carbons (Fsp3) is 0.350. The van der Waals surface area contributed by atoms with Gasteiger partial charge in [0.2, 0.25) is 0 Å². The molecular weight excluding hydrogens is 357 g/mol. The molecule has 146 valence electrons. The van der Waals surface area contributed by atoms with Gasteiger partial charge in [-0.15, -0.1) is 0 Å². The average molecular weight is 381 g/mol. The van der Waals surface area contributed by atoms with Crippen molar-refractivity contribution in [3.63, 3.8) is 0 Å². The molecule has 3 aromatic heterocycles.